The van der Waals surface area contributed by atoms with Crippen LogP contribution in [0.1, 0.15) is 5.56 Å². The molecule has 2 aromatic carbocycles. The summed E-state index contributed by atoms with van der Waals surface area (Å²) in [7, 11) is 5.77. The van der Waals surface area contributed by atoms with Gasteiger partial charge in [-0.2, -0.15) is 0 Å². The van der Waals surface area contributed by atoms with Crippen molar-refractivity contribution in [2.75, 3.05) is 38.2 Å². The molecule has 0 unspecified atom stereocenters. The highest BCUT2D eigenvalue weighted by atomic mass is 16.7. The molecule has 0 saturated heterocycles. The smallest absolute Gasteiger partial charge is 0.321 e. The van der Waals surface area contributed by atoms with E-state index in [4.69, 9.17) is 9.47 Å². The summed E-state index contributed by atoms with van der Waals surface area (Å²) in [5.41, 5.74) is 2.88. The van der Waals surface area contributed by atoms with Gasteiger partial charge in [0.05, 0.1) is 0 Å². The molecule has 0 atom stereocenters. The number of anilines is 2. The summed E-state index contributed by atoms with van der Waals surface area (Å²) < 4.78 is 10.6. The number of carbonyl (C=O) groups excluding carboxylic acids is 1. The Kier molecular flexibility index (Phi) is 4.46. The molecule has 0 aromatic heterocycles. The molecule has 6 nitrogen and oxygen atoms in total. The van der Waals surface area contributed by atoms with Crippen LogP contribution in [0.15, 0.2) is 42.5 Å². The van der Waals surface area contributed by atoms with Crippen LogP contribution in [-0.2, 0) is 6.54 Å². The molecule has 24 heavy (non-hydrogen) atoms. The van der Waals surface area contributed by atoms with E-state index in [2.05, 4.69) is 5.32 Å². The van der Waals surface area contributed by atoms with E-state index in [0.717, 1.165) is 11.3 Å². The molecule has 0 bridgehead atoms. The summed E-state index contributed by atoms with van der Waals surface area (Å²) in [5, 5.41) is 2.86. The summed E-state index contributed by atoms with van der Waals surface area (Å²) in [6.45, 7) is 0.750. The lowest BCUT2D eigenvalue weighted by atomic mass is 10.2. The van der Waals surface area contributed by atoms with Crippen molar-refractivity contribution in [3.63, 3.8) is 0 Å². The van der Waals surface area contributed by atoms with Gasteiger partial charge in [-0.05, 0) is 29.8 Å². The first kappa shape index (κ1) is 16.0. The lowest BCUT2D eigenvalue weighted by molar-refractivity contribution is 0.174. The average Bonchev–Trinajstić information content (AvgIpc) is 3.03. The van der Waals surface area contributed by atoms with Gasteiger partial charge in [0.15, 0.2) is 11.5 Å². The zero-order valence-corrected chi connectivity index (χ0v) is 14.1. The second-order valence-corrected chi connectivity index (χ2v) is 5.92. The molecule has 1 heterocycles. The van der Waals surface area contributed by atoms with Gasteiger partial charge in [0.1, 0.15) is 0 Å². The molecule has 1 aliphatic rings. The van der Waals surface area contributed by atoms with Crippen molar-refractivity contribution < 1.29 is 14.3 Å². The van der Waals surface area contributed by atoms with Crippen LogP contribution in [0, 0.1) is 0 Å². The number of rotatable bonds is 4. The predicted molar refractivity (Wildman–Crippen MR) is 93.8 cm³/mol. The minimum absolute atomic E-state index is 0.175. The SMILES string of the molecule is CN(Cc1ccc(N(C)C)cc1)C(=O)Nc1ccc2c(c1)OCO2. The van der Waals surface area contributed by atoms with Gasteiger partial charge in [0.2, 0.25) is 6.79 Å². The fourth-order valence-electron chi connectivity index (χ4n) is 2.44. The predicted octanol–water partition coefficient (Wildman–Crippen LogP) is 3.15. The molecule has 6 heteroatoms. The number of hydrogen-bond acceptors (Lipinski definition) is 4. The van der Waals surface area contributed by atoms with Gasteiger partial charge in [-0.25, -0.2) is 4.79 Å². The number of fused-ring (bicyclic) bond motifs is 1. The lowest BCUT2D eigenvalue weighted by Gasteiger charge is -2.19. The highest BCUT2D eigenvalue weighted by Crippen LogP contribution is 2.34. The molecule has 2 amide bonds. The number of benzene rings is 2. The Morgan fingerprint density at radius 1 is 1.04 bits per heavy atom. The molecular weight excluding hydrogens is 306 g/mol. The maximum absolute atomic E-state index is 12.3. The molecule has 0 spiro atoms. The molecule has 0 aliphatic carbocycles. The monoisotopic (exact) mass is 327 g/mol. The van der Waals surface area contributed by atoms with Crippen molar-refractivity contribution in [2.45, 2.75) is 6.54 Å². The van der Waals surface area contributed by atoms with Crippen LogP contribution in [-0.4, -0.2) is 38.9 Å². The van der Waals surface area contributed by atoms with E-state index in [1.807, 2.05) is 43.3 Å². The summed E-state index contributed by atoms with van der Waals surface area (Å²) in [6, 6.07) is 13.3. The quantitative estimate of drug-likeness (QED) is 0.937. The Labute approximate surface area is 141 Å². The van der Waals surface area contributed by atoms with Gasteiger partial charge in [0, 0.05) is 45.1 Å². The van der Waals surface area contributed by atoms with E-state index >= 15 is 0 Å². The van der Waals surface area contributed by atoms with Gasteiger partial charge >= 0.3 is 6.03 Å². The van der Waals surface area contributed by atoms with Gasteiger partial charge in [-0.1, -0.05) is 12.1 Å². The molecule has 1 aliphatic heterocycles. The molecule has 3 rings (SSSR count). The van der Waals surface area contributed by atoms with Gasteiger partial charge in [-0.15, -0.1) is 0 Å². The summed E-state index contributed by atoms with van der Waals surface area (Å²) in [6.07, 6.45) is 0. The maximum Gasteiger partial charge on any atom is 0.321 e. The van der Waals surface area contributed by atoms with Crippen LogP contribution in [0.5, 0.6) is 11.5 Å². The zero-order chi connectivity index (χ0) is 17.1. The van der Waals surface area contributed by atoms with Crippen LogP contribution in [0.3, 0.4) is 0 Å². The van der Waals surface area contributed by atoms with Crippen molar-refractivity contribution >= 4 is 17.4 Å². The number of ether oxygens (including phenoxy) is 2. The number of urea groups is 1. The third-order valence-electron chi connectivity index (χ3n) is 3.84. The summed E-state index contributed by atoms with van der Waals surface area (Å²) in [5.74, 6) is 1.34. The Balaban J connectivity index is 1.60. The molecule has 0 radical (unpaired) electrons. The van der Waals surface area contributed by atoms with Gasteiger partial charge in [-0.3, -0.25) is 0 Å². The number of nitrogens with zero attached hydrogens (tertiary/aromatic N) is 2. The van der Waals surface area contributed by atoms with E-state index in [-0.39, 0.29) is 12.8 Å². The lowest BCUT2D eigenvalue weighted by Crippen LogP contribution is -2.30. The van der Waals surface area contributed by atoms with Gasteiger partial charge < -0.3 is 24.6 Å². The Bertz CT molecular complexity index is 729. The summed E-state index contributed by atoms with van der Waals surface area (Å²) >= 11 is 0. The molecule has 1 N–H and O–H groups in total. The maximum atomic E-state index is 12.3. The number of nitrogens with one attached hydrogen (secondary N) is 1. The normalized spacial score (nSPS) is 12.0. The molecule has 0 fully saturated rings. The van der Waals surface area contributed by atoms with E-state index < -0.39 is 0 Å². The highest BCUT2D eigenvalue weighted by Gasteiger charge is 2.15. The number of carbonyl (C=O) groups is 1. The van der Waals surface area contributed by atoms with Gasteiger partial charge in [0.25, 0.3) is 0 Å². The van der Waals surface area contributed by atoms with Crippen molar-refractivity contribution in [1.29, 1.82) is 0 Å². The molecular formula is C18H21N3O3. The van der Waals surface area contributed by atoms with Crippen LogP contribution in [0.2, 0.25) is 0 Å². The third-order valence-corrected chi connectivity index (χ3v) is 3.84. The Morgan fingerprint density at radius 2 is 1.75 bits per heavy atom. The van der Waals surface area contributed by atoms with Crippen LogP contribution >= 0.6 is 0 Å². The first-order valence-electron chi connectivity index (χ1n) is 7.71. The topological polar surface area (TPSA) is 54.0 Å². The van der Waals surface area contributed by atoms with E-state index in [0.29, 0.717) is 23.7 Å². The van der Waals surface area contributed by atoms with E-state index in [1.165, 1.54) is 0 Å². The molecule has 126 valence electrons. The average molecular weight is 327 g/mol. The standard InChI is InChI=1S/C18H21N3O3/c1-20(2)15-7-4-13(5-8-15)11-21(3)18(22)19-14-6-9-16-17(10-14)24-12-23-16/h4-10H,11-12H2,1-3H3,(H,19,22). The first-order chi connectivity index (χ1) is 11.5. The zero-order valence-electron chi connectivity index (χ0n) is 14.1. The van der Waals surface area contributed by atoms with Crippen LogP contribution in [0.4, 0.5) is 16.2 Å². The highest BCUT2D eigenvalue weighted by molar-refractivity contribution is 5.89. The van der Waals surface area contributed by atoms with E-state index in [9.17, 15) is 4.79 Å². The Hall–Kier alpha value is -2.89. The van der Waals surface area contributed by atoms with Crippen molar-refractivity contribution in [3.8, 4) is 11.5 Å². The summed E-state index contributed by atoms with van der Waals surface area (Å²) in [4.78, 5) is 16.0. The molecule has 0 saturated carbocycles. The van der Waals surface area contributed by atoms with E-state index in [1.54, 1.807) is 30.1 Å². The van der Waals surface area contributed by atoms with Crippen molar-refractivity contribution in [2.24, 2.45) is 0 Å². The van der Waals surface area contributed by atoms with Crippen molar-refractivity contribution in [3.05, 3.63) is 48.0 Å². The third kappa shape index (κ3) is 3.53. The molecule has 2 aromatic rings. The second kappa shape index (κ2) is 6.70. The first-order valence-corrected chi connectivity index (χ1v) is 7.71. The fourth-order valence-corrected chi connectivity index (χ4v) is 2.44. The van der Waals surface area contributed by atoms with Crippen LogP contribution in [0.25, 0.3) is 0 Å². The largest absolute Gasteiger partial charge is 0.454 e. The minimum Gasteiger partial charge on any atom is -0.454 e. The van der Waals surface area contributed by atoms with Crippen LogP contribution < -0.4 is 19.7 Å². The van der Waals surface area contributed by atoms with Crippen molar-refractivity contribution in [1.82, 2.24) is 4.90 Å². The minimum atomic E-state index is -0.175. The second-order valence-electron chi connectivity index (χ2n) is 5.92. The Morgan fingerprint density at radius 3 is 2.46 bits per heavy atom. The fraction of sp³-hybridized carbons (Fsp3) is 0.278. The number of amides is 2. The number of hydrogen-bond donors (Lipinski definition) is 1.